The van der Waals surface area contributed by atoms with Crippen LogP contribution in [0.5, 0.6) is 0 Å². The number of benzene rings is 3. The minimum atomic E-state index is -0.787. The molecule has 1 heterocycles. The quantitative estimate of drug-likeness (QED) is 0.313. The van der Waals surface area contributed by atoms with E-state index in [1.54, 1.807) is 41.0 Å². The summed E-state index contributed by atoms with van der Waals surface area (Å²) < 4.78 is 43.8. The zero-order valence-electron chi connectivity index (χ0n) is 19.9. The highest BCUT2D eigenvalue weighted by Gasteiger charge is 2.18. The van der Waals surface area contributed by atoms with Gasteiger partial charge < -0.3 is 9.47 Å². The van der Waals surface area contributed by atoms with Crippen molar-refractivity contribution >= 4 is 12.0 Å². The summed E-state index contributed by atoms with van der Waals surface area (Å²) >= 11 is 0. The van der Waals surface area contributed by atoms with Crippen LogP contribution in [0.4, 0.5) is 13.2 Å². The van der Waals surface area contributed by atoms with Crippen LogP contribution in [0.15, 0.2) is 73.1 Å². The molecule has 1 amide bonds. The molecule has 0 spiro atoms. The SMILES string of the molecule is Cc1ccc(F)c(C=CC(=O)N(Cc2ccc(F)cc2F)Cc2nncn2Cc2ccc(C#N)cc2)c1. The van der Waals surface area contributed by atoms with Crippen LogP contribution < -0.4 is 0 Å². The average Bonchev–Trinajstić information content (AvgIpc) is 3.32. The van der Waals surface area contributed by atoms with Gasteiger partial charge in [-0.2, -0.15) is 5.26 Å². The molecule has 1 aromatic heterocycles. The van der Waals surface area contributed by atoms with Crippen LogP contribution in [0.1, 0.15) is 33.6 Å². The topological polar surface area (TPSA) is 74.8 Å². The summed E-state index contributed by atoms with van der Waals surface area (Å²) in [5.41, 5.74) is 2.60. The molecule has 37 heavy (non-hydrogen) atoms. The van der Waals surface area contributed by atoms with Gasteiger partial charge in [0.1, 0.15) is 23.8 Å². The third-order valence-corrected chi connectivity index (χ3v) is 5.71. The van der Waals surface area contributed by atoms with Gasteiger partial charge in [-0.15, -0.1) is 10.2 Å². The highest BCUT2D eigenvalue weighted by Crippen LogP contribution is 2.17. The van der Waals surface area contributed by atoms with E-state index in [1.807, 2.05) is 6.92 Å². The van der Waals surface area contributed by atoms with Crippen molar-refractivity contribution < 1.29 is 18.0 Å². The summed E-state index contributed by atoms with van der Waals surface area (Å²) in [6.45, 7) is 1.98. The van der Waals surface area contributed by atoms with Crippen LogP contribution >= 0.6 is 0 Å². The number of hydrogen-bond donors (Lipinski definition) is 0. The van der Waals surface area contributed by atoms with Crippen molar-refractivity contribution in [1.29, 1.82) is 5.26 Å². The predicted octanol–water partition coefficient (Wildman–Crippen LogP) is 5.17. The number of halogens is 3. The standard InChI is InChI=1S/C28H22F3N5O/c1-19-2-10-25(30)22(12-19)8-11-28(37)35(16-23-7-9-24(29)13-26(23)31)17-27-34-33-18-36(27)15-21-5-3-20(14-32)4-6-21/h2-13,18H,15-17H2,1H3. The van der Waals surface area contributed by atoms with Crippen LogP contribution in [-0.2, 0) is 24.4 Å². The van der Waals surface area contributed by atoms with Crippen LogP contribution in [-0.4, -0.2) is 25.6 Å². The third kappa shape index (κ3) is 6.49. The fraction of sp³-hybridized carbons (Fsp3) is 0.143. The first-order chi connectivity index (χ1) is 17.8. The van der Waals surface area contributed by atoms with Gasteiger partial charge >= 0.3 is 0 Å². The van der Waals surface area contributed by atoms with Gasteiger partial charge in [-0.3, -0.25) is 4.79 Å². The summed E-state index contributed by atoms with van der Waals surface area (Å²) in [6, 6.07) is 16.8. The zero-order chi connectivity index (χ0) is 26.4. The monoisotopic (exact) mass is 501 g/mol. The van der Waals surface area contributed by atoms with Gasteiger partial charge in [0.25, 0.3) is 0 Å². The Kier molecular flexibility index (Phi) is 7.79. The van der Waals surface area contributed by atoms with Crippen molar-refractivity contribution in [2.24, 2.45) is 0 Å². The van der Waals surface area contributed by atoms with Gasteiger partial charge in [0.05, 0.1) is 24.7 Å². The maximum atomic E-state index is 14.4. The summed E-state index contributed by atoms with van der Waals surface area (Å²) in [5, 5.41) is 17.1. The maximum Gasteiger partial charge on any atom is 0.247 e. The van der Waals surface area contributed by atoms with E-state index in [4.69, 9.17) is 5.26 Å². The summed E-state index contributed by atoms with van der Waals surface area (Å²) in [6.07, 6.45) is 4.08. The van der Waals surface area contributed by atoms with Crippen LogP contribution in [0.25, 0.3) is 6.08 Å². The Hall–Kier alpha value is -4.71. The van der Waals surface area contributed by atoms with E-state index >= 15 is 0 Å². The predicted molar refractivity (Wildman–Crippen MR) is 131 cm³/mol. The fourth-order valence-electron chi connectivity index (χ4n) is 3.71. The number of nitriles is 1. The number of hydrogen-bond acceptors (Lipinski definition) is 4. The summed E-state index contributed by atoms with van der Waals surface area (Å²) in [5.74, 6) is -2.08. The molecule has 0 aliphatic carbocycles. The van der Waals surface area contributed by atoms with Gasteiger partial charge in [-0.25, -0.2) is 13.2 Å². The van der Waals surface area contributed by atoms with E-state index < -0.39 is 23.4 Å². The lowest BCUT2D eigenvalue weighted by Crippen LogP contribution is -2.30. The summed E-state index contributed by atoms with van der Waals surface area (Å²) in [4.78, 5) is 14.5. The lowest BCUT2D eigenvalue weighted by atomic mass is 10.1. The molecular formula is C28H22F3N5O. The molecule has 0 saturated carbocycles. The minimum absolute atomic E-state index is 0.0352. The lowest BCUT2D eigenvalue weighted by Gasteiger charge is -2.22. The Bertz CT molecular complexity index is 1490. The Labute approximate surface area is 211 Å². The number of aryl methyl sites for hydroxylation is 1. The van der Waals surface area contributed by atoms with Gasteiger partial charge in [0.2, 0.25) is 5.91 Å². The van der Waals surface area contributed by atoms with Crippen molar-refractivity contribution in [3.05, 3.63) is 124 Å². The first kappa shape index (κ1) is 25.4. The van der Waals surface area contributed by atoms with E-state index in [1.165, 1.54) is 35.5 Å². The molecular weight excluding hydrogens is 479 g/mol. The molecule has 0 bridgehead atoms. The van der Waals surface area contributed by atoms with E-state index in [0.29, 0.717) is 17.9 Å². The van der Waals surface area contributed by atoms with Gasteiger partial charge in [0.15, 0.2) is 5.82 Å². The molecule has 4 aromatic rings. The van der Waals surface area contributed by atoms with E-state index in [-0.39, 0.29) is 24.2 Å². The second-order valence-electron chi connectivity index (χ2n) is 8.47. The Morgan fingerprint density at radius 2 is 1.81 bits per heavy atom. The first-order valence-electron chi connectivity index (χ1n) is 11.3. The van der Waals surface area contributed by atoms with Crippen molar-refractivity contribution in [3.63, 3.8) is 0 Å². The molecule has 0 N–H and O–H groups in total. The highest BCUT2D eigenvalue weighted by atomic mass is 19.1. The van der Waals surface area contributed by atoms with Gasteiger partial charge in [-0.05, 0) is 48.9 Å². The molecule has 0 fully saturated rings. The average molecular weight is 502 g/mol. The van der Waals surface area contributed by atoms with Crippen molar-refractivity contribution in [2.75, 3.05) is 0 Å². The fourth-order valence-corrected chi connectivity index (χ4v) is 3.71. The van der Waals surface area contributed by atoms with Crippen molar-refractivity contribution in [3.8, 4) is 6.07 Å². The molecule has 0 aliphatic rings. The third-order valence-electron chi connectivity index (χ3n) is 5.71. The molecule has 4 rings (SSSR count). The normalized spacial score (nSPS) is 11.0. The van der Waals surface area contributed by atoms with Gasteiger partial charge in [-0.1, -0.05) is 29.8 Å². The molecule has 6 nitrogen and oxygen atoms in total. The number of aromatic nitrogens is 3. The molecule has 9 heteroatoms. The molecule has 3 aromatic carbocycles. The molecule has 186 valence electrons. The Morgan fingerprint density at radius 1 is 1.03 bits per heavy atom. The van der Waals surface area contributed by atoms with Crippen LogP contribution in [0.3, 0.4) is 0 Å². The smallest absolute Gasteiger partial charge is 0.247 e. The lowest BCUT2D eigenvalue weighted by molar-refractivity contribution is -0.127. The van der Waals surface area contributed by atoms with Gasteiger partial charge in [0, 0.05) is 29.8 Å². The Morgan fingerprint density at radius 3 is 2.54 bits per heavy atom. The van der Waals surface area contributed by atoms with Crippen molar-refractivity contribution in [1.82, 2.24) is 19.7 Å². The van der Waals surface area contributed by atoms with E-state index in [9.17, 15) is 18.0 Å². The molecule has 0 aliphatic heterocycles. The van der Waals surface area contributed by atoms with Crippen LogP contribution in [0.2, 0.25) is 0 Å². The van der Waals surface area contributed by atoms with E-state index in [2.05, 4.69) is 16.3 Å². The first-order valence-corrected chi connectivity index (χ1v) is 11.3. The van der Waals surface area contributed by atoms with Crippen molar-refractivity contribution in [2.45, 2.75) is 26.6 Å². The second kappa shape index (κ2) is 11.4. The molecule has 0 unspecified atom stereocenters. The largest absolute Gasteiger partial charge is 0.327 e. The second-order valence-corrected chi connectivity index (χ2v) is 8.47. The highest BCUT2D eigenvalue weighted by molar-refractivity contribution is 5.91. The number of amides is 1. The maximum absolute atomic E-state index is 14.4. The van der Waals surface area contributed by atoms with E-state index in [0.717, 1.165) is 23.3 Å². The molecule has 0 radical (unpaired) electrons. The Balaban J connectivity index is 1.60. The molecule has 0 atom stereocenters. The minimum Gasteiger partial charge on any atom is -0.327 e. The molecule has 0 saturated heterocycles. The summed E-state index contributed by atoms with van der Waals surface area (Å²) in [7, 11) is 0. The number of rotatable bonds is 8. The number of carbonyl (C=O) groups excluding carboxylic acids is 1. The van der Waals surface area contributed by atoms with Crippen LogP contribution in [0, 0.1) is 35.7 Å². The zero-order valence-corrected chi connectivity index (χ0v) is 19.9. The number of nitrogens with zero attached hydrogens (tertiary/aromatic N) is 5. The number of carbonyl (C=O) groups is 1.